The van der Waals surface area contributed by atoms with Crippen molar-refractivity contribution in [2.75, 3.05) is 12.4 Å². The van der Waals surface area contributed by atoms with E-state index in [0.29, 0.717) is 22.1 Å². The van der Waals surface area contributed by atoms with Crippen LogP contribution in [0.15, 0.2) is 36.4 Å². The van der Waals surface area contributed by atoms with Crippen LogP contribution in [0.25, 0.3) is 0 Å². The number of benzene rings is 1. The Morgan fingerprint density at radius 2 is 2.10 bits per heavy atom. The van der Waals surface area contributed by atoms with Crippen LogP contribution in [0.3, 0.4) is 0 Å². The van der Waals surface area contributed by atoms with Gasteiger partial charge in [-0.15, -0.1) is 11.3 Å². The Morgan fingerprint density at radius 3 is 2.71 bits per heavy atom. The van der Waals surface area contributed by atoms with E-state index in [9.17, 15) is 9.59 Å². The molecule has 21 heavy (non-hydrogen) atoms. The van der Waals surface area contributed by atoms with Crippen molar-refractivity contribution in [3.8, 4) is 0 Å². The molecule has 0 aliphatic rings. The van der Waals surface area contributed by atoms with Gasteiger partial charge in [0.25, 0.3) is 5.91 Å². The Hall–Kier alpha value is -2.05. The number of carbonyl (C=O) groups is 2. The van der Waals surface area contributed by atoms with E-state index >= 15 is 0 Å². The van der Waals surface area contributed by atoms with Gasteiger partial charge in [0.1, 0.15) is 0 Å². The van der Waals surface area contributed by atoms with Gasteiger partial charge in [-0.05, 0) is 30.3 Å². The van der Waals surface area contributed by atoms with Crippen molar-refractivity contribution < 1.29 is 9.59 Å². The van der Waals surface area contributed by atoms with Gasteiger partial charge in [-0.3, -0.25) is 4.79 Å². The number of anilines is 1. The Balaban J connectivity index is 2.09. The summed E-state index contributed by atoms with van der Waals surface area (Å²) >= 11 is 7.31. The lowest BCUT2D eigenvalue weighted by Crippen LogP contribution is -2.26. The third-order valence-electron chi connectivity index (χ3n) is 2.75. The van der Waals surface area contributed by atoms with E-state index in [1.165, 1.54) is 11.3 Å². The van der Waals surface area contributed by atoms with E-state index in [1.807, 2.05) is 6.07 Å². The summed E-state index contributed by atoms with van der Waals surface area (Å²) in [6, 6.07) is 9.66. The second-order valence-electron chi connectivity index (χ2n) is 4.44. The van der Waals surface area contributed by atoms with Gasteiger partial charge in [0.15, 0.2) is 0 Å². The Morgan fingerprint density at radius 1 is 1.33 bits per heavy atom. The van der Waals surface area contributed by atoms with E-state index in [1.54, 1.807) is 42.3 Å². The van der Waals surface area contributed by atoms with Gasteiger partial charge in [-0.2, -0.15) is 0 Å². The summed E-state index contributed by atoms with van der Waals surface area (Å²) in [7, 11) is 1.71. The van der Waals surface area contributed by atoms with Crippen molar-refractivity contribution in [2.45, 2.75) is 6.54 Å². The predicted octanol–water partition coefficient (Wildman–Crippen LogP) is 3.16. The summed E-state index contributed by atoms with van der Waals surface area (Å²) in [4.78, 5) is 25.8. The fourth-order valence-corrected chi connectivity index (χ4v) is 2.98. The van der Waals surface area contributed by atoms with Gasteiger partial charge in [-0.25, -0.2) is 4.79 Å². The highest BCUT2D eigenvalue weighted by molar-refractivity contribution is 7.16. The average molecular weight is 324 g/mol. The molecule has 5 nitrogen and oxygen atoms in total. The highest BCUT2D eigenvalue weighted by Gasteiger charge is 2.13. The summed E-state index contributed by atoms with van der Waals surface area (Å²) in [5.74, 6) is -0.146. The number of rotatable bonds is 4. The van der Waals surface area contributed by atoms with Crippen LogP contribution in [0.5, 0.6) is 0 Å². The van der Waals surface area contributed by atoms with Crippen molar-refractivity contribution in [2.24, 2.45) is 5.73 Å². The fraction of sp³-hybridized carbons (Fsp3) is 0.143. The summed E-state index contributed by atoms with van der Waals surface area (Å²) in [5, 5.41) is 2.44. The molecule has 1 aromatic carbocycles. The number of nitrogens with zero attached hydrogens (tertiary/aromatic N) is 1. The molecule has 2 aromatic rings. The van der Waals surface area contributed by atoms with Crippen molar-refractivity contribution in [3.05, 3.63) is 51.2 Å². The molecule has 3 amide bonds. The lowest BCUT2D eigenvalue weighted by molar-refractivity contribution is 0.0786. The zero-order valence-corrected chi connectivity index (χ0v) is 12.9. The maximum atomic E-state index is 12.3. The number of halogens is 1. The molecule has 0 fully saturated rings. The molecular weight excluding hydrogens is 310 g/mol. The van der Waals surface area contributed by atoms with Crippen molar-refractivity contribution in [1.82, 2.24) is 4.90 Å². The number of hydrogen-bond acceptors (Lipinski definition) is 3. The second-order valence-corrected chi connectivity index (χ2v) is 6.24. The first-order chi connectivity index (χ1) is 9.95. The lowest BCUT2D eigenvalue weighted by Gasteiger charge is -2.16. The molecule has 0 aliphatic heterocycles. The average Bonchev–Trinajstić information content (AvgIpc) is 2.82. The molecule has 0 unspecified atom stereocenters. The number of amides is 3. The molecule has 1 aromatic heterocycles. The molecular formula is C14H14ClN3O2S. The zero-order valence-electron chi connectivity index (χ0n) is 11.3. The highest BCUT2D eigenvalue weighted by Crippen LogP contribution is 2.23. The van der Waals surface area contributed by atoms with Crippen LogP contribution in [0.4, 0.5) is 10.5 Å². The number of thiophene rings is 1. The molecule has 7 heteroatoms. The maximum absolute atomic E-state index is 12.3. The normalized spacial score (nSPS) is 10.2. The summed E-state index contributed by atoms with van der Waals surface area (Å²) in [5.41, 5.74) is 6.02. The first-order valence-electron chi connectivity index (χ1n) is 6.12. The molecule has 0 saturated heterocycles. The number of nitrogens with two attached hydrogens (primary N) is 1. The molecule has 0 saturated carbocycles. The van der Waals surface area contributed by atoms with Gasteiger partial charge < -0.3 is 16.0 Å². The van der Waals surface area contributed by atoms with Crippen molar-refractivity contribution in [1.29, 1.82) is 0 Å². The summed E-state index contributed by atoms with van der Waals surface area (Å²) in [6.07, 6.45) is 0. The topological polar surface area (TPSA) is 75.4 Å². The van der Waals surface area contributed by atoms with Gasteiger partial charge in [0.2, 0.25) is 0 Å². The van der Waals surface area contributed by atoms with Crippen LogP contribution >= 0.6 is 22.9 Å². The number of nitrogens with one attached hydrogen (secondary N) is 1. The van der Waals surface area contributed by atoms with Crippen LogP contribution in [-0.2, 0) is 6.54 Å². The zero-order chi connectivity index (χ0) is 15.4. The first-order valence-corrected chi connectivity index (χ1v) is 7.31. The fourth-order valence-electron chi connectivity index (χ4n) is 1.83. The Kier molecular flexibility index (Phi) is 4.82. The number of primary amides is 1. The third-order valence-corrected chi connectivity index (χ3v) is 3.96. The van der Waals surface area contributed by atoms with Crippen LogP contribution in [0, 0.1) is 0 Å². The number of urea groups is 1. The molecule has 110 valence electrons. The Bertz CT molecular complexity index is 672. The minimum Gasteiger partial charge on any atom is -0.351 e. The van der Waals surface area contributed by atoms with Crippen LogP contribution in [-0.4, -0.2) is 23.9 Å². The number of hydrogen-bond donors (Lipinski definition) is 2. The van der Waals surface area contributed by atoms with E-state index in [2.05, 4.69) is 5.32 Å². The van der Waals surface area contributed by atoms with Crippen molar-refractivity contribution >= 4 is 40.6 Å². The van der Waals surface area contributed by atoms with Gasteiger partial charge in [-0.1, -0.05) is 17.7 Å². The molecule has 0 atom stereocenters. The van der Waals surface area contributed by atoms with E-state index in [-0.39, 0.29) is 5.91 Å². The smallest absolute Gasteiger partial charge is 0.316 e. The second kappa shape index (κ2) is 6.60. The third kappa shape index (κ3) is 4.21. The maximum Gasteiger partial charge on any atom is 0.316 e. The molecule has 0 aliphatic carbocycles. The summed E-state index contributed by atoms with van der Waals surface area (Å²) < 4.78 is 0.693. The molecule has 2 rings (SSSR count). The van der Waals surface area contributed by atoms with Crippen LogP contribution in [0.1, 0.15) is 15.2 Å². The lowest BCUT2D eigenvalue weighted by atomic mass is 10.1. The molecule has 3 N–H and O–H groups in total. The monoisotopic (exact) mass is 323 g/mol. The van der Waals surface area contributed by atoms with Crippen LogP contribution in [0.2, 0.25) is 4.34 Å². The van der Waals surface area contributed by atoms with E-state index < -0.39 is 6.03 Å². The first kappa shape index (κ1) is 15.3. The largest absolute Gasteiger partial charge is 0.351 e. The SMILES string of the molecule is CN(Cc1ccc(Cl)s1)C(=O)c1cccc(NC(N)=O)c1. The van der Waals surface area contributed by atoms with E-state index in [0.717, 1.165) is 4.88 Å². The highest BCUT2D eigenvalue weighted by atomic mass is 35.5. The molecule has 1 heterocycles. The van der Waals surface area contributed by atoms with E-state index in [4.69, 9.17) is 17.3 Å². The standard InChI is InChI=1S/C14H14ClN3O2S/c1-18(8-11-5-6-12(15)21-11)13(19)9-3-2-4-10(7-9)17-14(16)20/h2-7H,8H2,1H3,(H3,16,17,20). The minimum atomic E-state index is -0.666. The van der Waals surface area contributed by atoms with Gasteiger partial charge in [0.05, 0.1) is 10.9 Å². The minimum absolute atomic E-state index is 0.146. The Labute approximate surface area is 131 Å². The molecule has 0 bridgehead atoms. The van der Waals surface area contributed by atoms with Gasteiger partial charge >= 0.3 is 6.03 Å². The number of carbonyl (C=O) groups excluding carboxylic acids is 2. The predicted molar refractivity (Wildman–Crippen MR) is 84.8 cm³/mol. The van der Waals surface area contributed by atoms with Gasteiger partial charge in [0, 0.05) is 23.2 Å². The summed E-state index contributed by atoms with van der Waals surface area (Å²) in [6.45, 7) is 0.476. The van der Waals surface area contributed by atoms with Crippen LogP contribution < -0.4 is 11.1 Å². The molecule has 0 spiro atoms. The molecule has 0 radical (unpaired) electrons. The quantitative estimate of drug-likeness (QED) is 0.906. The van der Waals surface area contributed by atoms with Crippen molar-refractivity contribution in [3.63, 3.8) is 0 Å².